The monoisotopic (exact) mass is 332 g/mol. The highest BCUT2D eigenvalue weighted by Crippen LogP contribution is 2.14. The zero-order valence-electron chi connectivity index (χ0n) is 14.2. The number of rotatable bonds is 6. The van der Waals surface area contributed by atoms with Crippen molar-refractivity contribution in [1.82, 2.24) is 19.7 Å². The number of aromatic nitrogens is 3. The van der Waals surface area contributed by atoms with Gasteiger partial charge in [-0.25, -0.2) is 9.67 Å². The first-order chi connectivity index (χ1) is 12.2. The summed E-state index contributed by atoms with van der Waals surface area (Å²) in [7, 11) is 1.71. The van der Waals surface area contributed by atoms with E-state index in [-0.39, 0.29) is 11.7 Å². The topological polar surface area (TPSA) is 51.0 Å². The fourth-order valence-corrected chi connectivity index (χ4v) is 2.55. The summed E-state index contributed by atoms with van der Waals surface area (Å²) in [5.74, 6) is 0.704. The van der Waals surface area contributed by atoms with E-state index >= 15 is 0 Å². The summed E-state index contributed by atoms with van der Waals surface area (Å²) >= 11 is 0. The lowest BCUT2D eigenvalue weighted by atomic mass is 10.1. The summed E-state index contributed by atoms with van der Waals surface area (Å²) in [6, 6.07) is 19.8. The molecule has 3 aromatic rings. The van der Waals surface area contributed by atoms with E-state index in [1.807, 2.05) is 60.7 Å². The minimum Gasteiger partial charge on any atom is -0.335 e. The summed E-state index contributed by atoms with van der Waals surface area (Å²) < 4.78 is 1.74. The van der Waals surface area contributed by atoms with Gasteiger partial charge in [-0.05, 0) is 17.7 Å². The van der Waals surface area contributed by atoms with Crippen molar-refractivity contribution in [3.63, 3.8) is 0 Å². The third-order valence-electron chi connectivity index (χ3n) is 3.82. The summed E-state index contributed by atoms with van der Waals surface area (Å²) in [5.41, 5.74) is 2.00. The third kappa shape index (κ3) is 3.83. The summed E-state index contributed by atoms with van der Waals surface area (Å²) in [6.45, 7) is 4.11. The number of hydrogen-bond donors (Lipinski definition) is 0. The molecule has 0 aliphatic carbocycles. The Balaban J connectivity index is 1.99. The van der Waals surface area contributed by atoms with E-state index in [1.54, 1.807) is 22.7 Å². The Morgan fingerprint density at radius 2 is 1.76 bits per heavy atom. The van der Waals surface area contributed by atoms with E-state index in [1.165, 1.54) is 0 Å². The van der Waals surface area contributed by atoms with Crippen LogP contribution < -0.4 is 0 Å². The van der Waals surface area contributed by atoms with Crippen LogP contribution in [0.25, 0.3) is 5.69 Å². The molecule has 5 heteroatoms. The van der Waals surface area contributed by atoms with E-state index in [0.717, 1.165) is 17.1 Å². The number of carbonyl (C=O) groups is 1. The predicted octanol–water partition coefficient (Wildman–Crippen LogP) is 3.12. The normalized spacial score (nSPS) is 10.4. The molecule has 0 saturated heterocycles. The number of benzene rings is 2. The molecule has 0 N–H and O–H groups in total. The maximum Gasteiger partial charge on any atom is 0.293 e. The largest absolute Gasteiger partial charge is 0.335 e. The molecule has 5 nitrogen and oxygen atoms in total. The van der Waals surface area contributed by atoms with Gasteiger partial charge in [0.15, 0.2) is 0 Å². The molecule has 1 aromatic heterocycles. The number of carbonyl (C=O) groups excluding carboxylic acids is 1. The van der Waals surface area contributed by atoms with Crippen molar-refractivity contribution in [3.8, 4) is 5.69 Å². The van der Waals surface area contributed by atoms with E-state index in [9.17, 15) is 4.79 Å². The third-order valence-corrected chi connectivity index (χ3v) is 3.82. The summed E-state index contributed by atoms with van der Waals surface area (Å²) in [5, 5.41) is 4.46. The first-order valence-corrected chi connectivity index (χ1v) is 8.10. The van der Waals surface area contributed by atoms with E-state index in [0.29, 0.717) is 13.0 Å². The molecular weight excluding hydrogens is 312 g/mol. The number of likely N-dealkylation sites (N-methyl/N-ethyl adjacent to an activating group) is 1. The lowest BCUT2D eigenvalue weighted by molar-refractivity contribution is 0.0798. The van der Waals surface area contributed by atoms with Crippen LogP contribution in [0, 0.1) is 0 Å². The molecule has 0 aliphatic heterocycles. The number of hydrogen-bond acceptors (Lipinski definition) is 3. The molecule has 2 aromatic carbocycles. The zero-order chi connectivity index (χ0) is 17.6. The van der Waals surface area contributed by atoms with Gasteiger partial charge in [-0.2, -0.15) is 0 Å². The first kappa shape index (κ1) is 16.6. The zero-order valence-corrected chi connectivity index (χ0v) is 14.2. The van der Waals surface area contributed by atoms with Gasteiger partial charge in [-0.1, -0.05) is 54.6 Å². The van der Waals surface area contributed by atoms with E-state index in [4.69, 9.17) is 0 Å². The smallest absolute Gasteiger partial charge is 0.293 e. The molecule has 126 valence electrons. The molecule has 1 amide bonds. The quantitative estimate of drug-likeness (QED) is 0.652. The Labute approximate surface area is 147 Å². The van der Waals surface area contributed by atoms with Crippen LogP contribution in [0.4, 0.5) is 0 Å². The van der Waals surface area contributed by atoms with Crippen molar-refractivity contribution >= 4 is 5.91 Å². The van der Waals surface area contributed by atoms with Gasteiger partial charge in [0.05, 0.1) is 5.69 Å². The molecule has 1 heterocycles. The Morgan fingerprint density at radius 1 is 1.12 bits per heavy atom. The molecule has 0 radical (unpaired) electrons. The van der Waals surface area contributed by atoms with Crippen molar-refractivity contribution in [1.29, 1.82) is 0 Å². The molecular formula is C20H20N4O. The van der Waals surface area contributed by atoms with Gasteiger partial charge in [-0.15, -0.1) is 11.7 Å². The van der Waals surface area contributed by atoms with Crippen LogP contribution in [-0.4, -0.2) is 39.2 Å². The van der Waals surface area contributed by atoms with Gasteiger partial charge < -0.3 is 4.90 Å². The molecule has 25 heavy (non-hydrogen) atoms. The average molecular weight is 332 g/mol. The second-order valence-corrected chi connectivity index (χ2v) is 5.74. The van der Waals surface area contributed by atoms with Crippen LogP contribution in [0.1, 0.15) is 22.0 Å². The predicted molar refractivity (Wildman–Crippen MR) is 97.8 cm³/mol. The van der Waals surface area contributed by atoms with Crippen LogP contribution in [0.15, 0.2) is 73.3 Å². The Bertz CT molecular complexity index is 856. The van der Waals surface area contributed by atoms with Crippen molar-refractivity contribution in [3.05, 3.63) is 90.5 Å². The second-order valence-electron chi connectivity index (χ2n) is 5.74. The number of nitrogens with zero attached hydrogens (tertiary/aromatic N) is 4. The van der Waals surface area contributed by atoms with Gasteiger partial charge in [-0.3, -0.25) is 4.79 Å². The Morgan fingerprint density at radius 3 is 2.40 bits per heavy atom. The molecule has 0 saturated carbocycles. The lowest BCUT2D eigenvalue weighted by Crippen LogP contribution is -2.27. The standard InChI is InChI=1S/C20H20N4O/c1-3-14-23(2)20(25)19-21-18(15-16-10-6-4-7-11-16)24(22-19)17-12-8-5-9-13-17/h3-13H,1,14-15H2,2H3. The SMILES string of the molecule is C=CCN(C)C(=O)c1nc(Cc2ccccc2)n(-c2ccccc2)n1. The highest BCUT2D eigenvalue weighted by atomic mass is 16.2. The number of para-hydroxylation sites is 1. The molecule has 0 unspecified atom stereocenters. The van der Waals surface area contributed by atoms with Gasteiger partial charge in [0, 0.05) is 20.0 Å². The van der Waals surface area contributed by atoms with Gasteiger partial charge in [0.1, 0.15) is 5.82 Å². The average Bonchev–Trinajstić information content (AvgIpc) is 3.06. The fourth-order valence-electron chi connectivity index (χ4n) is 2.55. The van der Waals surface area contributed by atoms with Gasteiger partial charge >= 0.3 is 0 Å². The molecule has 3 rings (SSSR count). The second kappa shape index (κ2) is 7.57. The summed E-state index contributed by atoms with van der Waals surface area (Å²) in [4.78, 5) is 18.6. The summed E-state index contributed by atoms with van der Waals surface area (Å²) in [6.07, 6.45) is 2.28. The van der Waals surface area contributed by atoms with E-state index in [2.05, 4.69) is 16.7 Å². The van der Waals surface area contributed by atoms with Crippen molar-refractivity contribution in [2.75, 3.05) is 13.6 Å². The minimum absolute atomic E-state index is 0.194. The maximum absolute atomic E-state index is 12.5. The van der Waals surface area contributed by atoms with Crippen LogP contribution in [0.3, 0.4) is 0 Å². The lowest BCUT2D eigenvalue weighted by Gasteiger charge is -2.11. The maximum atomic E-state index is 12.5. The van der Waals surface area contributed by atoms with E-state index < -0.39 is 0 Å². The highest BCUT2D eigenvalue weighted by molar-refractivity contribution is 5.90. The molecule has 0 spiro atoms. The van der Waals surface area contributed by atoms with Crippen LogP contribution >= 0.6 is 0 Å². The van der Waals surface area contributed by atoms with Crippen molar-refractivity contribution in [2.45, 2.75) is 6.42 Å². The Hall–Kier alpha value is -3.21. The number of amides is 1. The molecule has 0 aliphatic rings. The van der Waals surface area contributed by atoms with Crippen molar-refractivity contribution in [2.24, 2.45) is 0 Å². The van der Waals surface area contributed by atoms with Crippen LogP contribution in [0.5, 0.6) is 0 Å². The van der Waals surface area contributed by atoms with Gasteiger partial charge in [0.25, 0.3) is 5.91 Å². The molecule has 0 bridgehead atoms. The minimum atomic E-state index is -0.219. The highest BCUT2D eigenvalue weighted by Gasteiger charge is 2.20. The van der Waals surface area contributed by atoms with Crippen LogP contribution in [-0.2, 0) is 6.42 Å². The van der Waals surface area contributed by atoms with Gasteiger partial charge in [0.2, 0.25) is 5.82 Å². The molecule has 0 atom stereocenters. The molecule has 0 fully saturated rings. The first-order valence-electron chi connectivity index (χ1n) is 8.10. The van der Waals surface area contributed by atoms with Crippen LogP contribution in [0.2, 0.25) is 0 Å². The Kier molecular flexibility index (Phi) is 5.04. The van der Waals surface area contributed by atoms with Crippen molar-refractivity contribution < 1.29 is 4.79 Å². The fraction of sp³-hybridized carbons (Fsp3) is 0.150.